The molecule has 1 aromatic carbocycles. The molecular weight excluding hydrogens is 283 g/mol. The molecule has 5 heteroatoms. The van der Waals surface area contributed by atoms with Gasteiger partial charge in [0.05, 0.1) is 25.3 Å². The maximum absolute atomic E-state index is 6.18. The van der Waals surface area contributed by atoms with Crippen LogP contribution in [0.3, 0.4) is 0 Å². The molecule has 0 radical (unpaired) electrons. The van der Waals surface area contributed by atoms with Gasteiger partial charge in [0.15, 0.2) is 6.29 Å². The molecule has 1 saturated heterocycles. The lowest BCUT2D eigenvalue weighted by atomic mass is 10.2. The van der Waals surface area contributed by atoms with Crippen molar-refractivity contribution in [3.05, 3.63) is 27.2 Å². The lowest BCUT2D eigenvalue weighted by Gasteiger charge is -2.15. The summed E-state index contributed by atoms with van der Waals surface area (Å²) in [6.07, 6.45) is -0.401. The van der Waals surface area contributed by atoms with Crippen LogP contribution in [-0.2, 0) is 9.47 Å². The van der Waals surface area contributed by atoms with Crippen LogP contribution in [0, 0.1) is 0 Å². The van der Waals surface area contributed by atoms with E-state index in [1.54, 1.807) is 13.2 Å². The van der Waals surface area contributed by atoms with Crippen molar-refractivity contribution in [3.63, 3.8) is 0 Å². The maximum atomic E-state index is 6.18. The van der Waals surface area contributed by atoms with E-state index in [-0.39, 0.29) is 0 Å². The van der Waals surface area contributed by atoms with Crippen LogP contribution in [0.5, 0.6) is 5.75 Å². The van der Waals surface area contributed by atoms with Crippen molar-refractivity contribution in [1.29, 1.82) is 0 Å². The van der Waals surface area contributed by atoms with Gasteiger partial charge in [-0.2, -0.15) is 0 Å². The van der Waals surface area contributed by atoms with E-state index in [4.69, 9.17) is 25.8 Å². The van der Waals surface area contributed by atoms with Crippen molar-refractivity contribution in [2.75, 3.05) is 20.3 Å². The van der Waals surface area contributed by atoms with Crippen LogP contribution < -0.4 is 4.74 Å². The van der Waals surface area contributed by atoms with Crippen LogP contribution >= 0.6 is 27.5 Å². The third-order valence-corrected chi connectivity index (χ3v) is 3.25. The molecule has 0 spiro atoms. The van der Waals surface area contributed by atoms with Gasteiger partial charge in [-0.3, -0.25) is 0 Å². The van der Waals surface area contributed by atoms with Gasteiger partial charge in [-0.25, -0.2) is 0 Å². The largest absolute Gasteiger partial charge is 0.495 e. The molecule has 2 rings (SSSR count). The minimum absolute atomic E-state index is 0.401. The van der Waals surface area contributed by atoms with E-state index >= 15 is 0 Å². The molecule has 0 aliphatic carbocycles. The monoisotopic (exact) mass is 292 g/mol. The fourth-order valence-corrected chi connectivity index (χ4v) is 2.41. The van der Waals surface area contributed by atoms with Crippen molar-refractivity contribution in [2.45, 2.75) is 6.29 Å². The molecule has 0 N–H and O–H groups in total. The van der Waals surface area contributed by atoms with Crippen LogP contribution in [0.1, 0.15) is 11.9 Å². The summed E-state index contributed by atoms with van der Waals surface area (Å²) in [7, 11) is 1.58. The molecule has 1 fully saturated rings. The van der Waals surface area contributed by atoms with E-state index in [2.05, 4.69) is 15.9 Å². The second-order valence-corrected chi connectivity index (χ2v) is 4.28. The Hall–Kier alpha value is -0.290. The Morgan fingerprint density at radius 2 is 2.07 bits per heavy atom. The molecule has 1 aromatic rings. The normalized spacial score (nSPS) is 17.0. The first-order valence-corrected chi connectivity index (χ1v) is 5.66. The zero-order valence-corrected chi connectivity index (χ0v) is 10.5. The summed E-state index contributed by atoms with van der Waals surface area (Å²) in [5, 5.41) is 0.527. The molecule has 15 heavy (non-hydrogen) atoms. The van der Waals surface area contributed by atoms with Crippen LogP contribution in [0.2, 0.25) is 5.02 Å². The van der Waals surface area contributed by atoms with Gasteiger partial charge in [-0.05, 0) is 12.1 Å². The maximum Gasteiger partial charge on any atom is 0.186 e. The predicted octanol–water partition coefficient (Wildman–Crippen LogP) is 3.16. The van der Waals surface area contributed by atoms with Crippen LogP contribution in [0.15, 0.2) is 16.6 Å². The summed E-state index contributed by atoms with van der Waals surface area (Å²) in [6, 6.07) is 3.66. The minimum atomic E-state index is -0.401. The first kappa shape index (κ1) is 11.2. The Kier molecular flexibility index (Phi) is 3.51. The van der Waals surface area contributed by atoms with Crippen LogP contribution in [0.25, 0.3) is 0 Å². The molecular formula is C10H10BrClO3. The second-order valence-electron chi connectivity index (χ2n) is 3.05. The minimum Gasteiger partial charge on any atom is -0.495 e. The van der Waals surface area contributed by atoms with E-state index in [1.165, 1.54) is 0 Å². The number of hydrogen-bond acceptors (Lipinski definition) is 3. The van der Waals surface area contributed by atoms with Gasteiger partial charge < -0.3 is 14.2 Å². The number of ether oxygens (including phenoxy) is 3. The average Bonchev–Trinajstić information content (AvgIpc) is 2.71. The summed E-state index contributed by atoms with van der Waals surface area (Å²) in [6.45, 7) is 1.18. The molecule has 3 nitrogen and oxygen atoms in total. The van der Waals surface area contributed by atoms with Crippen LogP contribution in [0.4, 0.5) is 0 Å². The third kappa shape index (κ3) is 2.13. The van der Waals surface area contributed by atoms with Crippen molar-refractivity contribution in [2.24, 2.45) is 0 Å². The van der Waals surface area contributed by atoms with Crippen LogP contribution in [-0.4, -0.2) is 20.3 Å². The SMILES string of the molecule is COc1ccc(Br)c(C2OCCO2)c1Cl. The number of methoxy groups -OCH3 is 1. The highest BCUT2D eigenvalue weighted by molar-refractivity contribution is 9.10. The molecule has 0 amide bonds. The summed E-state index contributed by atoms with van der Waals surface area (Å²) in [4.78, 5) is 0. The van der Waals surface area contributed by atoms with Gasteiger partial charge >= 0.3 is 0 Å². The highest BCUT2D eigenvalue weighted by Crippen LogP contribution is 2.40. The van der Waals surface area contributed by atoms with E-state index < -0.39 is 6.29 Å². The first-order chi connectivity index (χ1) is 7.24. The highest BCUT2D eigenvalue weighted by Gasteiger charge is 2.25. The van der Waals surface area contributed by atoms with Gasteiger partial charge in [0.1, 0.15) is 5.75 Å². The summed E-state index contributed by atoms with van der Waals surface area (Å²) in [5.74, 6) is 0.619. The molecule has 0 bridgehead atoms. The van der Waals surface area contributed by atoms with E-state index in [1.807, 2.05) is 6.07 Å². The van der Waals surface area contributed by atoms with E-state index in [0.717, 1.165) is 10.0 Å². The van der Waals surface area contributed by atoms with Gasteiger partial charge in [0.2, 0.25) is 0 Å². The highest BCUT2D eigenvalue weighted by atomic mass is 79.9. The average molecular weight is 294 g/mol. The number of rotatable bonds is 2. The standard InChI is InChI=1S/C10H10BrClO3/c1-13-7-3-2-6(11)8(9(7)12)10-14-4-5-15-10/h2-3,10H,4-5H2,1H3. The lowest BCUT2D eigenvalue weighted by Crippen LogP contribution is -2.01. The fraction of sp³-hybridized carbons (Fsp3) is 0.400. The van der Waals surface area contributed by atoms with Crippen molar-refractivity contribution in [3.8, 4) is 5.75 Å². The Bertz CT molecular complexity index is 364. The Balaban J connectivity index is 2.43. The Labute approximate surface area is 101 Å². The number of halogens is 2. The number of benzene rings is 1. The molecule has 0 saturated carbocycles. The molecule has 1 aliphatic rings. The summed E-state index contributed by atoms with van der Waals surface area (Å²) < 4.78 is 16.8. The van der Waals surface area contributed by atoms with E-state index in [9.17, 15) is 0 Å². The zero-order chi connectivity index (χ0) is 10.8. The van der Waals surface area contributed by atoms with Gasteiger partial charge in [-0.1, -0.05) is 27.5 Å². The quantitative estimate of drug-likeness (QED) is 0.838. The zero-order valence-electron chi connectivity index (χ0n) is 8.13. The lowest BCUT2D eigenvalue weighted by molar-refractivity contribution is -0.0446. The predicted molar refractivity (Wildman–Crippen MR) is 60.3 cm³/mol. The fourth-order valence-electron chi connectivity index (χ4n) is 1.45. The molecule has 0 atom stereocenters. The Morgan fingerprint density at radius 3 is 2.67 bits per heavy atom. The smallest absolute Gasteiger partial charge is 0.186 e. The molecule has 1 heterocycles. The third-order valence-electron chi connectivity index (χ3n) is 2.17. The molecule has 0 unspecified atom stereocenters. The second kappa shape index (κ2) is 4.70. The summed E-state index contributed by atoms with van der Waals surface area (Å²) >= 11 is 9.60. The van der Waals surface area contributed by atoms with Gasteiger partial charge in [0, 0.05) is 10.0 Å². The van der Waals surface area contributed by atoms with Crippen molar-refractivity contribution in [1.82, 2.24) is 0 Å². The summed E-state index contributed by atoms with van der Waals surface area (Å²) in [5.41, 5.74) is 0.786. The molecule has 82 valence electrons. The van der Waals surface area contributed by atoms with Gasteiger partial charge in [-0.15, -0.1) is 0 Å². The number of hydrogen-bond donors (Lipinski definition) is 0. The topological polar surface area (TPSA) is 27.7 Å². The van der Waals surface area contributed by atoms with E-state index in [0.29, 0.717) is 24.0 Å². The first-order valence-electron chi connectivity index (χ1n) is 4.49. The van der Waals surface area contributed by atoms with Crippen molar-refractivity contribution >= 4 is 27.5 Å². The molecule has 1 aliphatic heterocycles. The van der Waals surface area contributed by atoms with Gasteiger partial charge in [0.25, 0.3) is 0 Å². The van der Waals surface area contributed by atoms with Crippen molar-refractivity contribution < 1.29 is 14.2 Å². The molecule has 0 aromatic heterocycles. The Morgan fingerprint density at radius 1 is 1.40 bits per heavy atom.